The predicted molar refractivity (Wildman–Crippen MR) is 103 cm³/mol. The number of aromatic nitrogens is 4. The van der Waals surface area contributed by atoms with Crippen LogP contribution in [0.5, 0.6) is 0 Å². The summed E-state index contributed by atoms with van der Waals surface area (Å²) in [5.74, 6) is -0.949. The van der Waals surface area contributed by atoms with Crippen LogP contribution in [0.4, 0.5) is 4.39 Å². The van der Waals surface area contributed by atoms with E-state index in [2.05, 4.69) is 20.6 Å². The minimum absolute atomic E-state index is 0.0341. The highest BCUT2D eigenvalue weighted by Gasteiger charge is 2.21. The van der Waals surface area contributed by atoms with Crippen molar-refractivity contribution in [1.29, 1.82) is 0 Å². The average Bonchev–Trinajstić information content (AvgIpc) is 3.13. The number of nitrogens with one attached hydrogen (secondary N) is 2. The summed E-state index contributed by atoms with van der Waals surface area (Å²) in [4.78, 5) is 27.7. The number of halogens is 1. The van der Waals surface area contributed by atoms with Crippen LogP contribution >= 0.6 is 0 Å². The minimum Gasteiger partial charge on any atom is -0.348 e. The third-order valence-electron chi connectivity index (χ3n) is 4.62. The third kappa shape index (κ3) is 3.36. The molecule has 1 atom stereocenters. The highest BCUT2D eigenvalue weighted by Crippen LogP contribution is 2.14. The van der Waals surface area contributed by atoms with Gasteiger partial charge < -0.3 is 10.3 Å². The molecule has 0 aliphatic carbocycles. The number of aryl methyl sites for hydroxylation is 1. The van der Waals surface area contributed by atoms with Gasteiger partial charge in [0, 0.05) is 6.04 Å². The van der Waals surface area contributed by atoms with Gasteiger partial charge in [-0.1, -0.05) is 35.5 Å². The van der Waals surface area contributed by atoms with Crippen molar-refractivity contribution < 1.29 is 9.18 Å². The van der Waals surface area contributed by atoms with E-state index in [1.54, 1.807) is 0 Å². The average molecular weight is 379 g/mol. The lowest BCUT2D eigenvalue weighted by atomic mass is 10.1. The Labute approximate surface area is 159 Å². The van der Waals surface area contributed by atoms with Crippen LogP contribution in [0.15, 0.2) is 53.3 Å². The van der Waals surface area contributed by atoms with Crippen molar-refractivity contribution in [3.63, 3.8) is 0 Å². The number of amides is 1. The number of carbonyl (C=O) groups is 1. The van der Waals surface area contributed by atoms with Gasteiger partial charge in [0.05, 0.1) is 11.0 Å². The quantitative estimate of drug-likeness (QED) is 0.557. The fraction of sp³-hybridized carbons (Fsp3) is 0.200. The van der Waals surface area contributed by atoms with E-state index in [1.807, 2.05) is 37.3 Å². The Morgan fingerprint density at radius 1 is 1.25 bits per heavy atom. The molecule has 0 aliphatic heterocycles. The summed E-state index contributed by atoms with van der Waals surface area (Å²) < 4.78 is 14.7. The molecule has 2 aromatic carbocycles. The molecule has 0 saturated heterocycles. The monoisotopic (exact) mass is 379 g/mol. The molecule has 2 aromatic heterocycles. The first-order valence-electron chi connectivity index (χ1n) is 8.94. The Bertz CT molecular complexity index is 1220. The topological polar surface area (TPSA) is 92.2 Å². The van der Waals surface area contributed by atoms with Crippen LogP contribution in [0, 0.1) is 5.82 Å². The van der Waals surface area contributed by atoms with Crippen molar-refractivity contribution in [3.8, 4) is 0 Å². The van der Waals surface area contributed by atoms with Crippen LogP contribution in [-0.4, -0.2) is 31.8 Å². The lowest BCUT2D eigenvalue weighted by Gasteiger charge is -2.13. The summed E-state index contributed by atoms with van der Waals surface area (Å²) in [6, 6.07) is 13.8. The van der Waals surface area contributed by atoms with Gasteiger partial charge in [-0.2, -0.15) is 0 Å². The number of H-pyrrole nitrogens is 1. The molecule has 0 spiro atoms. The Kier molecular flexibility index (Phi) is 4.60. The number of fused-ring (bicyclic) bond motifs is 3. The number of hydrogen-bond acceptors (Lipinski definition) is 4. The van der Waals surface area contributed by atoms with Gasteiger partial charge in [-0.15, -0.1) is 5.10 Å². The maximum absolute atomic E-state index is 13.4. The summed E-state index contributed by atoms with van der Waals surface area (Å²) in [5, 5.41) is 10.7. The summed E-state index contributed by atoms with van der Waals surface area (Å²) >= 11 is 0. The molecule has 7 nitrogen and oxygen atoms in total. The molecule has 4 rings (SSSR count). The van der Waals surface area contributed by atoms with Gasteiger partial charge in [-0.25, -0.2) is 8.91 Å². The Hall–Kier alpha value is -3.55. The van der Waals surface area contributed by atoms with E-state index in [9.17, 15) is 14.0 Å². The van der Waals surface area contributed by atoms with Crippen LogP contribution in [0.2, 0.25) is 0 Å². The largest absolute Gasteiger partial charge is 0.348 e. The molecule has 2 N–H and O–H groups in total. The lowest BCUT2D eigenvalue weighted by Crippen LogP contribution is -2.33. The molecule has 0 radical (unpaired) electrons. The number of benzene rings is 2. The van der Waals surface area contributed by atoms with Crippen LogP contribution in [0.1, 0.15) is 29.4 Å². The van der Waals surface area contributed by atoms with Gasteiger partial charge in [-0.05, 0) is 43.5 Å². The van der Waals surface area contributed by atoms with Gasteiger partial charge in [0.1, 0.15) is 5.82 Å². The van der Waals surface area contributed by atoms with Crippen LogP contribution in [-0.2, 0) is 6.42 Å². The fourth-order valence-corrected chi connectivity index (χ4v) is 3.17. The van der Waals surface area contributed by atoms with E-state index >= 15 is 0 Å². The first-order chi connectivity index (χ1) is 13.5. The number of aromatic amines is 1. The maximum Gasteiger partial charge on any atom is 0.277 e. The predicted octanol–water partition coefficient (Wildman–Crippen LogP) is 2.46. The van der Waals surface area contributed by atoms with E-state index in [-0.39, 0.29) is 22.8 Å². The summed E-state index contributed by atoms with van der Waals surface area (Å²) in [7, 11) is 0. The summed E-state index contributed by atoms with van der Waals surface area (Å²) in [5.41, 5.74) is 1.36. The molecule has 28 heavy (non-hydrogen) atoms. The van der Waals surface area contributed by atoms with Crippen molar-refractivity contribution in [2.75, 3.05) is 0 Å². The second kappa shape index (κ2) is 7.22. The zero-order valence-corrected chi connectivity index (χ0v) is 15.1. The lowest BCUT2D eigenvalue weighted by molar-refractivity contribution is 0.0935. The zero-order chi connectivity index (χ0) is 19.7. The summed E-state index contributed by atoms with van der Waals surface area (Å²) in [6.45, 7) is 1.90. The van der Waals surface area contributed by atoms with Crippen LogP contribution < -0.4 is 10.9 Å². The number of carbonyl (C=O) groups excluding carboxylic acids is 1. The van der Waals surface area contributed by atoms with Crippen molar-refractivity contribution in [1.82, 2.24) is 25.1 Å². The molecule has 1 amide bonds. The number of hydrogen-bond donors (Lipinski definition) is 2. The van der Waals surface area contributed by atoms with E-state index in [0.29, 0.717) is 5.52 Å². The molecule has 8 heteroatoms. The van der Waals surface area contributed by atoms with Crippen molar-refractivity contribution in [3.05, 3.63) is 76.0 Å². The van der Waals surface area contributed by atoms with Gasteiger partial charge in [0.15, 0.2) is 11.2 Å². The number of rotatable bonds is 5. The van der Waals surface area contributed by atoms with Crippen molar-refractivity contribution in [2.24, 2.45) is 0 Å². The maximum atomic E-state index is 13.4. The van der Waals surface area contributed by atoms with E-state index in [1.165, 1.54) is 28.3 Å². The number of nitrogens with zero attached hydrogens (tertiary/aromatic N) is 3. The highest BCUT2D eigenvalue weighted by atomic mass is 19.1. The van der Waals surface area contributed by atoms with Gasteiger partial charge >= 0.3 is 0 Å². The summed E-state index contributed by atoms with van der Waals surface area (Å²) in [6.07, 6.45) is 1.56. The van der Waals surface area contributed by atoms with Crippen LogP contribution in [0.25, 0.3) is 16.6 Å². The standard InChI is InChI=1S/C20H18FN5O2/c1-12(7-8-13-5-3-2-4-6-13)22-19(27)17-18-20(28)23-15-11-14(21)9-10-16(15)26(18)25-24-17/h2-6,9-12H,7-8H2,1H3,(H,22,27)(H,23,28)/t12-/m0/s1. The second-order valence-corrected chi connectivity index (χ2v) is 6.71. The molecule has 0 unspecified atom stereocenters. The molecule has 0 aliphatic rings. The Balaban J connectivity index is 1.57. The fourth-order valence-electron chi connectivity index (χ4n) is 3.17. The molecule has 2 heterocycles. The van der Waals surface area contributed by atoms with Crippen molar-refractivity contribution in [2.45, 2.75) is 25.8 Å². The second-order valence-electron chi connectivity index (χ2n) is 6.71. The Morgan fingerprint density at radius 2 is 2.04 bits per heavy atom. The molecule has 0 saturated carbocycles. The first kappa shape index (κ1) is 17.8. The molecular formula is C20H18FN5O2. The minimum atomic E-state index is -0.551. The normalized spacial score (nSPS) is 12.4. The molecule has 0 bridgehead atoms. The molecule has 142 valence electrons. The SMILES string of the molecule is C[C@@H](CCc1ccccc1)NC(=O)c1nnn2c1c(=O)[nH]c1cc(F)ccc12. The van der Waals surface area contributed by atoms with E-state index in [4.69, 9.17) is 0 Å². The van der Waals surface area contributed by atoms with Crippen molar-refractivity contribution >= 4 is 22.5 Å². The molecule has 4 aromatic rings. The molecular weight excluding hydrogens is 361 g/mol. The third-order valence-corrected chi connectivity index (χ3v) is 4.62. The first-order valence-corrected chi connectivity index (χ1v) is 8.94. The van der Waals surface area contributed by atoms with E-state index in [0.717, 1.165) is 12.8 Å². The smallest absolute Gasteiger partial charge is 0.277 e. The van der Waals surface area contributed by atoms with Gasteiger partial charge in [0.2, 0.25) is 0 Å². The van der Waals surface area contributed by atoms with Gasteiger partial charge in [0.25, 0.3) is 11.5 Å². The molecule has 0 fully saturated rings. The Morgan fingerprint density at radius 3 is 2.82 bits per heavy atom. The van der Waals surface area contributed by atoms with Gasteiger partial charge in [-0.3, -0.25) is 9.59 Å². The zero-order valence-electron chi connectivity index (χ0n) is 15.1. The van der Waals surface area contributed by atoms with E-state index < -0.39 is 17.3 Å². The highest BCUT2D eigenvalue weighted by molar-refractivity contribution is 5.99. The van der Waals surface area contributed by atoms with Crippen LogP contribution in [0.3, 0.4) is 0 Å².